The maximum absolute atomic E-state index is 12.7. The Labute approximate surface area is 201 Å². The Balaban J connectivity index is 1.61. The van der Waals surface area contributed by atoms with E-state index in [1.807, 2.05) is 16.7 Å². The molecule has 0 unspecified atom stereocenters. The van der Waals surface area contributed by atoms with Crippen LogP contribution in [0.4, 0.5) is 0 Å². The van der Waals surface area contributed by atoms with Gasteiger partial charge in [0, 0.05) is 34.8 Å². The monoisotopic (exact) mass is 479 g/mol. The molecule has 0 radical (unpaired) electrons. The number of nitrogens with zero attached hydrogens (tertiary/aromatic N) is 2. The number of para-hydroxylation sites is 1. The number of esters is 1. The van der Waals surface area contributed by atoms with Crippen LogP contribution in [0.5, 0.6) is 17.2 Å². The molecular weight excluding hydrogens is 454 g/mol. The lowest BCUT2D eigenvalue weighted by atomic mass is 10.1. The zero-order chi connectivity index (χ0) is 25.4. The molecule has 0 spiro atoms. The van der Waals surface area contributed by atoms with Crippen LogP contribution in [0.25, 0.3) is 10.9 Å². The molecule has 1 N–H and O–H groups in total. The quantitative estimate of drug-likeness (QED) is 0.328. The summed E-state index contributed by atoms with van der Waals surface area (Å²) >= 11 is 0. The highest BCUT2D eigenvalue weighted by molar-refractivity contribution is 6.09. The molecule has 10 nitrogen and oxygen atoms in total. The summed E-state index contributed by atoms with van der Waals surface area (Å²) in [7, 11) is 4.30. The van der Waals surface area contributed by atoms with Gasteiger partial charge in [0.25, 0.3) is 5.91 Å². The minimum atomic E-state index is -0.771. The highest BCUT2D eigenvalue weighted by Crippen LogP contribution is 2.38. The molecule has 0 aliphatic carbocycles. The minimum Gasteiger partial charge on any atom is -0.493 e. The van der Waals surface area contributed by atoms with E-state index in [0.717, 1.165) is 5.52 Å². The Morgan fingerprint density at radius 2 is 1.71 bits per heavy atom. The second-order valence-corrected chi connectivity index (χ2v) is 7.34. The predicted octanol–water partition coefficient (Wildman–Crippen LogP) is 2.74. The summed E-state index contributed by atoms with van der Waals surface area (Å²) in [5.74, 6) is -0.807. The van der Waals surface area contributed by atoms with E-state index >= 15 is 0 Å². The van der Waals surface area contributed by atoms with Crippen LogP contribution in [-0.4, -0.2) is 56.7 Å². The van der Waals surface area contributed by atoms with Gasteiger partial charge in [-0.15, -0.1) is 0 Å². The Bertz CT molecular complexity index is 1260. The molecular formula is C25H25N3O7. The number of hydrogen-bond donors (Lipinski definition) is 1. The SMILES string of the molecule is COc1cc(C(=O)NCC(=O)OCC(=O)c2cn(CCC#N)c3ccccc23)cc(OC)c1OC. The van der Waals surface area contributed by atoms with Crippen LogP contribution in [0, 0.1) is 11.3 Å². The van der Waals surface area contributed by atoms with Gasteiger partial charge in [-0.1, -0.05) is 18.2 Å². The van der Waals surface area contributed by atoms with E-state index in [9.17, 15) is 14.4 Å². The molecule has 0 aliphatic rings. The van der Waals surface area contributed by atoms with E-state index in [0.29, 0.717) is 41.2 Å². The van der Waals surface area contributed by atoms with Crippen molar-refractivity contribution in [3.63, 3.8) is 0 Å². The van der Waals surface area contributed by atoms with E-state index in [2.05, 4.69) is 11.4 Å². The van der Waals surface area contributed by atoms with Gasteiger partial charge >= 0.3 is 5.97 Å². The third kappa shape index (κ3) is 5.70. The third-order valence-corrected chi connectivity index (χ3v) is 5.24. The van der Waals surface area contributed by atoms with Gasteiger partial charge in [0.1, 0.15) is 6.54 Å². The fourth-order valence-corrected chi connectivity index (χ4v) is 3.57. The predicted molar refractivity (Wildman–Crippen MR) is 126 cm³/mol. The Kier molecular flexibility index (Phi) is 8.29. The highest BCUT2D eigenvalue weighted by Gasteiger charge is 2.19. The van der Waals surface area contributed by atoms with Gasteiger partial charge in [-0.05, 0) is 18.2 Å². The molecule has 0 aliphatic heterocycles. The summed E-state index contributed by atoms with van der Waals surface area (Å²) in [5, 5.41) is 12.0. The molecule has 0 saturated heterocycles. The second kappa shape index (κ2) is 11.6. The molecule has 0 atom stereocenters. The molecule has 0 bridgehead atoms. The normalized spacial score (nSPS) is 10.3. The molecule has 1 aromatic heterocycles. The van der Waals surface area contributed by atoms with E-state index in [1.54, 1.807) is 18.3 Å². The number of rotatable bonds is 11. The lowest BCUT2D eigenvalue weighted by Crippen LogP contribution is -2.31. The van der Waals surface area contributed by atoms with Crippen molar-refractivity contribution < 1.29 is 33.3 Å². The van der Waals surface area contributed by atoms with Gasteiger partial charge in [-0.3, -0.25) is 14.4 Å². The van der Waals surface area contributed by atoms with Crippen molar-refractivity contribution >= 4 is 28.6 Å². The number of nitriles is 1. The van der Waals surface area contributed by atoms with Crippen molar-refractivity contribution in [2.75, 3.05) is 34.5 Å². The van der Waals surface area contributed by atoms with Crippen LogP contribution in [0.1, 0.15) is 27.1 Å². The number of ketones is 1. The van der Waals surface area contributed by atoms with Crippen LogP contribution in [0.15, 0.2) is 42.6 Å². The first-order valence-electron chi connectivity index (χ1n) is 10.6. The van der Waals surface area contributed by atoms with Crippen LogP contribution >= 0.6 is 0 Å². The smallest absolute Gasteiger partial charge is 0.325 e. The molecule has 3 rings (SSSR count). The summed E-state index contributed by atoms with van der Waals surface area (Å²) in [6.07, 6.45) is 1.96. The Morgan fingerprint density at radius 3 is 2.34 bits per heavy atom. The standard InChI is InChI=1S/C25H25N3O7/c1-32-21-11-16(12-22(33-2)24(21)34-3)25(31)27-13-23(30)35-15-20(29)18-14-28(10-6-9-26)19-8-5-4-7-17(18)19/h4-5,7-8,11-12,14H,6,10,13,15H2,1-3H3,(H,27,31). The van der Waals surface area contributed by atoms with Crippen molar-refractivity contribution in [2.45, 2.75) is 13.0 Å². The minimum absolute atomic E-state index is 0.188. The third-order valence-electron chi connectivity index (χ3n) is 5.24. The van der Waals surface area contributed by atoms with E-state index in [4.69, 9.17) is 24.2 Å². The number of methoxy groups -OCH3 is 3. The van der Waals surface area contributed by atoms with E-state index in [1.165, 1.54) is 33.5 Å². The number of carbonyl (C=O) groups excluding carboxylic acids is 3. The summed E-state index contributed by atoms with van der Waals surface area (Å²) < 4.78 is 22.6. The molecule has 1 amide bonds. The molecule has 35 heavy (non-hydrogen) atoms. The van der Waals surface area contributed by atoms with E-state index in [-0.39, 0.29) is 11.3 Å². The van der Waals surface area contributed by atoms with Gasteiger partial charge in [0.05, 0.1) is 33.8 Å². The molecule has 2 aromatic carbocycles. The first-order chi connectivity index (χ1) is 16.9. The molecule has 0 saturated carbocycles. The number of aryl methyl sites for hydroxylation is 1. The van der Waals surface area contributed by atoms with Gasteiger partial charge in [-0.2, -0.15) is 5.26 Å². The summed E-state index contributed by atoms with van der Waals surface area (Å²) in [4.78, 5) is 37.4. The molecule has 182 valence electrons. The number of Topliss-reactive ketones (excluding diaryl/α,β-unsaturated/α-hetero) is 1. The highest BCUT2D eigenvalue weighted by atomic mass is 16.5. The molecule has 10 heteroatoms. The number of fused-ring (bicyclic) bond motifs is 1. The first-order valence-corrected chi connectivity index (χ1v) is 10.6. The first kappa shape index (κ1) is 25.1. The van der Waals surface area contributed by atoms with Crippen molar-refractivity contribution in [3.8, 4) is 23.3 Å². The van der Waals surface area contributed by atoms with Gasteiger partial charge in [0.15, 0.2) is 18.1 Å². The molecule has 0 fully saturated rings. The Hall–Kier alpha value is -4.52. The maximum Gasteiger partial charge on any atom is 0.325 e. The number of benzene rings is 2. The summed E-state index contributed by atoms with van der Waals surface area (Å²) in [6, 6.07) is 12.3. The van der Waals surface area contributed by atoms with Crippen LogP contribution in [0.2, 0.25) is 0 Å². The second-order valence-electron chi connectivity index (χ2n) is 7.34. The lowest BCUT2D eigenvalue weighted by Gasteiger charge is -2.14. The van der Waals surface area contributed by atoms with Crippen molar-refractivity contribution in [3.05, 3.63) is 53.7 Å². The van der Waals surface area contributed by atoms with E-state index < -0.39 is 25.0 Å². The molecule has 3 aromatic rings. The number of carbonyl (C=O) groups is 3. The fraction of sp³-hybridized carbons (Fsp3) is 0.280. The average molecular weight is 479 g/mol. The number of ether oxygens (including phenoxy) is 4. The van der Waals surface area contributed by atoms with Crippen LogP contribution < -0.4 is 19.5 Å². The summed E-state index contributed by atoms with van der Waals surface area (Å²) in [6.45, 7) is -0.477. The zero-order valence-corrected chi connectivity index (χ0v) is 19.6. The van der Waals surface area contributed by atoms with Crippen LogP contribution in [0.3, 0.4) is 0 Å². The van der Waals surface area contributed by atoms with Crippen molar-refractivity contribution in [1.29, 1.82) is 5.26 Å². The number of hydrogen-bond acceptors (Lipinski definition) is 8. The summed E-state index contributed by atoms with van der Waals surface area (Å²) in [5.41, 5.74) is 1.40. The van der Waals surface area contributed by atoms with Gasteiger partial charge in [-0.25, -0.2) is 0 Å². The van der Waals surface area contributed by atoms with Gasteiger partial charge in [0.2, 0.25) is 11.5 Å². The van der Waals surface area contributed by atoms with Gasteiger partial charge < -0.3 is 28.8 Å². The van der Waals surface area contributed by atoms with Crippen LogP contribution in [-0.2, 0) is 16.1 Å². The fourth-order valence-electron chi connectivity index (χ4n) is 3.57. The number of nitrogens with one attached hydrogen (secondary N) is 1. The van der Waals surface area contributed by atoms with Crippen molar-refractivity contribution in [2.24, 2.45) is 0 Å². The van der Waals surface area contributed by atoms with Crippen molar-refractivity contribution in [1.82, 2.24) is 9.88 Å². The largest absolute Gasteiger partial charge is 0.493 e. The lowest BCUT2D eigenvalue weighted by molar-refractivity contribution is -0.141. The molecule has 1 heterocycles. The number of aromatic nitrogens is 1. The Morgan fingerprint density at radius 1 is 1.03 bits per heavy atom. The maximum atomic E-state index is 12.7. The zero-order valence-electron chi connectivity index (χ0n) is 19.6. The topological polar surface area (TPSA) is 129 Å². The number of amides is 1. The average Bonchev–Trinajstić information content (AvgIpc) is 3.26.